The molecular weight excluding hydrogens is 386 g/mol. The molecule has 0 N–H and O–H groups in total. The van der Waals surface area contributed by atoms with Crippen molar-refractivity contribution in [1.29, 1.82) is 0 Å². The number of fused-ring (bicyclic) bond motifs is 1. The number of hydrogen-bond donors (Lipinski definition) is 0. The molecule has 0 aliphatic carbocycles. The largest absolute Gasteiger partial charge is 0.439 e. The summed E-state index contributed by atoms with van der Waals surface area (Å²) in [5, 5.41) is -4.66. The summed E-state index contributed by atoms with van der Waals surface area (Å²) in [4.78, 5) is 6.89. The number of nitrogens with zero attached hydrogens (tertiary/aromatic N) is 2. The number of sulfone groups is 1. The molecule has 1 aromatic carbocycles. The molecule has 3 aromatic rings. The van der Waals surface area contributed by atoms with Gasteiger partial charge < -0.3 is 4.42 Å². The number of benzene rings is 1. The summed E-state index contributed by atoms with van der Waals surface area (Å²) in [6.45, 7) is 5.40. The van der Waals surface area contributed by atoms with Crippen LogP contribution in [0.2, 0.25) is 5.02 Å². The second kappa shape index (κ2) is 5.99. The fraction of sp³-hybridized carbons (Fsp3) is 0.294. The van der Waals surface area contributed by atoms with E-state index in [1.54, 1.807) is 20.8 Å². The monoisotopic (exact) mass is 400 g/mol. The van der Waals surface area contributed by atoms with E-state index in [-0.39, 0.29) is 22.0 Å². The van der Waals surface area contributed by atoms with Crippen LogP contribution in [-0.4, -0.2) is 18.4 Å². The van der Waals surface area contributed by atoms with Gasteiger partial charge in [-0.15, -0.1) is 0 Å². The second-order valence-electron chi connectivity index (χ2n) is 6.73. The highest BCUT2D eigenvalue weighted by molar-refractivity contribution is 7.92. The van der Waals surface area contributed by atoms with Crippen LogP contribution >= 0.6 is 11.6 Å². The molecule has 5 nitrogen and oxygen atoms in total. The lowest BCUT2D eigenvalue weighted by Crippen LogP contribution is -2.28. The molecule has 0 aliphatic heterocycles. The van der Waals surface area contributed by atoms with Crippen LogP contribution in [0, 0.1) is 0 Å². The van der Waals surface area contributed by atoms with Gasteiger partial charge >= 0.3 is 5.25 Å². The number of oxazole rings is 1. The molecule has 0 saturated heterocycles. The number of rotatable bonds is 3. The van der Waals surface area contributed by atoms with Crippen LogP contribution < -0.4 is 0 Å². The van der Waals surface area contributed by atoms with Gasteiger partial charge in [-0.25, -0.2) is 13.4 Å². The van der Waals surface area contributed by atoms with E-state index in [1.807, 2.05) is 0 Å². The van der Waals surface area contributed by atoms with Crippen LogP contribution in [0.4, 0.5) is 8.78 Å². The fourth-order valence-corrected chi connectivity index (χ4v) is 4.14. The first-order chi connectivity index (χ1) is 12.0. The summed E-state index contributed by atoms with van der Waals surface area (Å²) in [5.41, 5.74) is -1.60. The first kappa shape index (κ1) is 18.7. The molecule has 2 heterocycles. The molecule has 0 amide bonds. The van der Waals surface area contributed by atoms with Crippen molar-refractivity contribution in [2.24, 2.45) is 0 Å². The van der Waals surface area contributed by atoms with E-state index in [1.165, 1.54) is 24.3 Å². The summed E-state index contributed by atoms with van der Waals surface area (Å²) < 4.78 is 60.7. The Morgan fingerprint density at radius 3 is 2.38 bits per heavy atom. The predicted octanol–water partition coefficient (Wildman–Crippen LogP) is 4.70. The normalized spacial score (nSPS) is 13.3. The van der Waals surface area contributed by atoms with Gasteiger partial charge in [0.05, 0.1) is 5.02 Å². The molecule has 2 aromatic heterocycles. The molecule has 3 rings (SSSR count). The van der Waals surface area contributed by atoms with Gasteiger partial charge in [-0.1, -0.05) is 38.4 Å². The van der Waals surface area contributed by atoms with Crippen LogP contribution in [0.1, 0.15) is 32.4 Å². The van der Waals surface area contributed by atoms with E-state index in [2.05, 4.69) is 9.97 Å². The molecule has 138 valence electrons. The lowest BCUT2D eigenvalue weighted by atomic mass is 9.97. The fourth-order valence-electron chi connectivity index (χ4n) is 2.32. The molecule has 0 atom stereocenters. The van der Waals surface area contributed by atoms with E-state index >= 15 is 0 Å². The van der Waals surface area contributed by atoms with Gasteiger partial charge in [0.2, 0.25) is 5.89 Å². The number of pyridine rings is 1. The van der Waals surface area contributed by atoms with Gasteiger partial charge in [-0.05, 0) is 24.3 Å². The Hall–Kier alpha value is -2.06. The maximum Gasteiger partial charge on any atom is 0.391 e. The van der Waals surface area contributed by atoms with E-state index in [9.17, 15) is 17.2 Å². The zero-order valence-electron chi connectivity index (χ0n) is 14.1. The molecule has 0 saturated carbocycles. The van der Waals surface area contributed by atoms with Crippen LogP contribution in [0.3, 0.4) is 0 Å². The lowest BCUT2D eigenvalue weighted by Gasteiger charge is -2.17. The summed E-state index contributed by atoms with van der Waals surface area (Å²) in [7, 11) is -5.24. The van der Waals surface area contributed by atoms with Gasteiger partial charge in [0.25, 0.3) is 9.84 Å². The van der Waals surface area contributed by atoms with Crippen LogP contribution in [0.5, 0.6) is 0 Å². The molecular formula is C17H15ClF2N2O3S. The Labute approximate surface area is 153 Å². The van der Waals surface area contributed by atoms with Crippen LogP contribution in [0.25, 0.3) is 11.1 Å². The maximum absolute atomic E-state index is 14.8. The van der Waals surface area contributed by atoms with Crippen molar-refractivity contribution in [3.63, 3.8) is 0 Å². The number of alkyl halides is 2. The molecule has 0 radical (unpaired) electrons. The molecule has 26 heavy (non-hydrogen) atoms. The van der Waals surface area contributed by atoms with E-state index in [0.717, 1.165) is 12.3 Å². The first-order valence-electron chi connectivity index (χ1n) is 7.60. The maximum atomic E-state index is 14.8. The Morgan fingerprint density at radius 2 is 1.81 bits per heavy atom. The van der Waals surface area contributed by atoms with Gasteiger partial charge in [0, 0.05) is 11.6 Å². The van der Waals surface area contributed by atoms with Crippen molar-refractivity contribution >= 4 is 32.5 Å². The first-order valence-corrected chi connectivity index (χ1v) is 9.46. The van der Waals surface area contributed by atoms with Crippen LogP contribution in [0.15, 0.2) is 45.8 Å². The van der Waals surface area contributed by atoms with Gasteiger partial charge in [0.15, 0.2) is 5.58 Å². The second-order valence-corrected chi connectivity index (χ2v) is 9.06. The van der Waals surface area contributed by atoms with Crippen molar-refractivity contribution in [3.05, 3.63) is 53.1 Å². The van der Waals surface area contributed by atoms with Gasteiger partial charge in [-0.2, -0.15) is 8.78 Å². The Morgan fingerprint density at radius 1 is 1.12 bits per heavy atom. The molecule has 0 aliphatic rings. The van der Waals surface area contributed by atoms with Crippen molar-refractivity contribution in [2.75, 3.05) is 0 Å². The zero-order valence-corrected chi connectivity index (χ0v) is 15.7. The smallest absolute Gasteiger partial charge is 0.391 e. The average molecular weight is 401 g/mol. The van der Waals surface area contributed by atoms with E-state index < -0.39 is 31.1 Å². The third-order valence-electron chi connectivity index (χ3n) is 3.67. The van der Waals surface area contributed by atoms with E-state index in [0.29, 0.717) is 0 Å². The Balaban J connectivity index is 2.30. The van der Waals surface area contributed by atoms with Crippen LogP contribution in [-0.2, 0) is 20.5 Å². The quantitative estimate of drug-likeness (QED) is 0.637. The molecule has 0 bridgehead atoms. The molecule has 0 spiro atoms. The topological polar surface area (TPSA) is 73.1 Å². The lowest BCUT2D eigenvalue weighted by molar-refractivity contribution is 0.0856. The summed E-state index contributed by atoms with van der Waals surface area (Å²) >= 11 is 5.98. The molecule has 0 fully saturated rings. The van der Waals surface area contributed by atoms with Crippen molar-refractivity contribution in [3.8, 4) is 0 Å². The molecule has 9 heteroatoms. The highest BCUT2D eigenvalue weighted by Crippen LogP contribution is 2.43. The third kappa shape index (κ3) is 2.87. The summed E-state index contributed by atoms with van der Waals surface area (Å²) in [6.07, 6.45) is 1.09. The summed E-state index contributed by atoms with van der Waals surface area (Å²) in [5.74, 6) is 0.215. The Kier molecular flexibility index (Phi) is 4.31. The minimum absolute atomic E-state index is 0.134. The highest BCUT2D eigenvalue weighted by Gasteiger charge is 2.51. The average Bonchev–Trinajstić information content (AvgIpc) is 2.99. The number of aromatic nitrogens is 2. The van der Waals surface area contributed by atoms with Gasteiger partial charge in [-0.3, -0.25) is 4.98 Å². The van der Waals surface area contributed by atoms with Crippen molar-refractivity contribution in [1.82, 2.24) is 9.97 Å². The van der Waals surface area contributed by atoms with Crippen molar-refractivity contribution < 1.29 is 21.6 Å². The van der Waals surface area contributed by atoms with Gasteiger partial charge in [0.1, 0.15) is 16.1 Å². The van der Waals surface area contributed by atoms with Crippen molar-refractivity contribution in [2.45, 2.75) is 36.3 Å². The zero-order chi connectivity index (χ0) is 19.3. The standard InChI is InChI=1S/C17H15ClF2N2O3S/c1-16(2,3)15-22-11-8-7-10(18)14(13(11)25-15)26(23,24)17(19,20)12-6-4-5-9-21-12/h4-9H,1-3H3. The summed E-state index contributed by atoms with van der Waals surface area (Å²) in [6, 6.07) is 6.26. The highest BCUT2D eigenvalue weighted by atomic mass is 35.5. The Bertz CT molecular complexity index is 1070. The predicted molar refractivity (Wildman–Crippen MR) is 93.0 cm³/mol. The SMILES string of the molecule is CC(C)(C)c1nc2ccc(Cl)c(S(=O)(=O)C(F)(F)c3ccccn3)c2o1. The number of halogens is 3. The number of hydrogen-bond acceptors (Lipinski definition) is 5. The minimum atomic E-state index is -5.24. The minimum Gasteiger partial charge on any atom is -0.439 e. The molecule has 0 unspecified atom stereocenters. The van der Waals surface area contributed by atoms with E-state index in [4.69, 9.17) is 16.0 Å². The third-order valence-corrected chi connectivity index (χ3v) is 5.93.